The minimum absolute atomic E-state index is 0.242. The van der Waals surface area contributed by atoms with E-state index in [9.17, 15) is 5.26 Å². The molecule has 2 aromatic heterocycles. The number of nitrogens with zero attached hydrogens (tertiary/aromatic N) is 7. The van der Waals surface area contributed by atoms with Crippen LogP contribution in [-0.2, 0) is 10.2 Å². The fraction of sp³-hybridized carbons (Fsp3) is 0.538. The zero-order valence-corrected chi connectivity index (χ0v) is 19.5. The first kappa shape index (κ1) is 20.4. The van der Waals surface area contributed by atoms with E-state index in [-0.39, 0.29) is 10.8 Å². The van der Waals surface area contributed by atoms with E-state index in [2.05, 4.69) is 56.1 Å². The van der Waals surface area contributed by atoms with Crippen molar-refractivity contribution in [3.63, 3.8) is 0 Å². The van der Waals surface area contributed by atoms with Crippen molar-refractivity contribution in [2.75, 3.05) is 37.7 Å². The van der Waals surface area contributed by atoms with Gasteiger partial charge in [-0.2, -0.15) is 10.4 Å². The van der Waals surface area contributed by atoms with Gasteiger partial charge >= 0.3 is 0 Å². The van der Waals surface area contributed by atoms with Gasteiger partial charge in [-0.1, -0.05) is 12.1 Å². The van der Waals surface area contributed by atoms with Gasteiger partial charge in [0, 0.05) is 49.8 Å². The molecule has 4 heterocycles. The summed E-state index contributed by atoms with van der Waals surface area (Å²) < 4.78 is 7.51. The van der Waals surface area contributed by atoms with E-state index in [0.29, 0.717) is 12.1 Å². The SMILES string of the molecule is C[C@H]1CN(c2cc(-n3ncc4ccc([C@@]5(C#N)CC56CC6)cc43)ncn2)CCN1C1CCOC1. The first-order chi connectivity index (χ1) is 16.6. The normalized spacial score (nSPS) is 30.1. The molecule has 174 valence electrons. The third-order valence-electron chi connectivity index (χ3n) is 8.72. The number of anilines is 1. The zero-order valence-electron chi connectivity index (χ0n) is 19.5. The number of fused-ring (bicyclic) bond motifs is 1. The average molecular weight is 456 g/mol. The number of benzene rings is 1. The van der Waals surface area contributed by atoms with Crippen LogP contribution in [-0.4, -0.2) is 69.6 Å². The Hall–Kier alpha value is -3.02. The highest BCUT2D eigenvalue weighted by Gasteiger charge is 2.75. The number of rotatable bonds is 4. The van der Waals surface area contributed by atoms with Crippen LogP contribution < -0.4 is 4.90 Å². The summed E-state index contributed by atoms with van der Waals surface area (Å²) >= 11 is 0. The zero-order chi connectivity index (χ0) is 22.9. The largest absolute Gasteiger partial charge is 0.380 e. The van der Waals surface area contributed by atoms with Gasteiger partial charge in [-0.15, -0.1) is 0 Å². The second kappa shape index (κ2) is 7.24. The average Bonchev–Trinajstić information content (AvgIpc) is 3.60. The molecule has 2 saturated heterocycles. The monoisotopic (exact) mass is 455 g/mol. The Morgan fingerprint density at radius 2 is 2.03 bits per heavy atom. The van der Waals surface area contributed by atoms with E-state index >= 15 is 0 Å². The lowest BCUT2D eigenvalue weighted by atomic mass is 9.93. The highest BCUT2D eigenvalue weighted by atomic mass is 16.5. The molecule has 1 spiro atoms. The second-order valence-electron chi connectivity index (χ2n) is 10.6. The van der Waals surface area contributed by atoms with Gasteiger partial charge in [0.1, 0.15) is 12.1 Å². The van der Waals surface area contributed by atoms with Gasteiger partial charge in [0.15, 0.2) is 5.82 Å². The molecule has 34 heavy (non-hydrogen) atoms. The first-order valence-corrected chi connectivity index (χ1v) is 12.4. The van der Waals surface area contributed by atoms with Crippen LogP contribution in [0, 0.1) is 16.7 Å². The molecule has 2 saturated carbocycles. The molecule has 8 nitrogen and oxygen atoms in total. The molecule has 4 aliphatic rings. The van der Waals surface area contributed by atoms with Crippen molar-refractivity contribution < 1.29 is 4.74 Å². The van der Waals surface area contributed by atoms with Crippen LogP contribution >= 0.6 is 0 Å². The van der Waals surface area contributed by atoms with Gasteiger partial charge in [-0.25, -0.2) is 14.6 Å². The third-order valence-corrected chi connectivity index (χ3v) is 8.72. The molecule has 0 amide bonds. The number of piperazine rings is 1. The van der Waals surface area contributed by atoms with Gasteiger partial charge in [-0.3, -0.25) is 4.90 Å². The van der Waals surface area contributed by atoms with Crippen molar-refractivity contribution in [1.29, 1.82) is 5.26 Å². The van der Waals surface area contributed by atoms with Crippen molar-refractivity contribution in [2.24, 2.45) is 5.41 Å². The van der Waals surface area contributed by atoms with Crippen LogP contribution in [0.4, 0.5) is 5.82 Å². The molecular weight excluding hydrogens is 426 g/mol. The Bertz CT molecular complexity index is 1300. The van der Waals surface area contributed by atoms with E-state index in [1.54, 1.807) is 6.33 Å². The Kier molecular flexibility index (Phi) is 4.33. The molecule has 7 rings (SSSR count). The van der Waals surface area contributed by atoms with Crippen molar-refractivity contribution in [2.45, 2.75) is 50.1 Å². The van der Waals surface area contributed by atoms with Gasteiger partial charge in [0.05, 0.1) is 29.8 Å². The van der Waals surface area contributed by atoms with Crippen molar-refractivity contribution >= 4 is 16.7 Å². The van der Waals surface area contributed by atoms with Crippen molar-refractivity contribution in [3.05, 3.63) is 42.4 Å². The summed E-state index contributed by atoms with van der Waals surface area (Å²) in [7, 11) is 0. The highest BCUT2D eigenvalue weighted by molar-refractivity contribution is 5.82. The van der Waals surface area contributed by atoms with Crippen LogP contribution in [0.25, 0.3) is 16.7 Å². The van der Waals surface area contributed by atoms with E-state index in [4.69, 9.17) is 4.74 Å². The van der Waals surface area contributed by atoms with E-state index in [1.165, 1.54) is 12.8 Å². The smallest absolute Gasteiger partial charge is 0.159 e. The lowest BCUT2D eigenvalue weighted by Crippen LogP contribution is -2.55. The summed E-state index contributed by atoms with van der Waals surface area (Å²) in [5.41, 5.74) is 2.05. The quantitative estimate of drug-likeness (QED) is 0.598. The van der Waals surface area contributed by atoms with Crippen LogP contribution in [0.3, 0.4) is 0 Å². The minimum atomic E-state index is -0.312. The van der Waals surface area contributed by atoms with Gasteiger partial charge in [-0.05, 0) is 49.7 Å². The summed E-state index contributed by atoms with van der Waals surface area (Å²) in [6.07, 6.45) is 7.99. The van der Waals surface area contributed by atoms with Crippen LogP contribution in [0.1, 0.15) is 38.2 Å². The predicted molar refractivity (Wildman–Crippen MR) is 128 cm³/mol. The molecule has 0 N–H and O–H groups in total. The Morgan fingerprint density at radius 3 is 2.76 bits per heavy atom. The van der Waals surface area contributed by atoms with E-state index < -0.39 is 0 Å². The Morgan fingerprint density at radius 1 is 1.15 bits per heavy atom. The minimum Gasteiger partial charge on any atom is -0.380 e. The lowest BCUT2D eigenvalue weighted by Gasteiger charge is -2.43. The number of aromatic nitrogens is 4. The molecule has 0 bridgehead atoms. The van der Waals surface area contributed by atoms with E-state index in [1.807, 2.05) is 16.9 Å². The fourth-order valence-corrected chi connectivity index (χ4v) is 6.45. The molecule has 8 heteroatoms. The van der Waals surface area contributed by atoms with Crippen molar-refractivity contribution in [3.8, 4) is 11.9 Å². The standard InChI is InChI=1S/C26H29N7O/c1-18-13-31(7-8-32(18)21-4-9-34-14-21)23-11-24(29-17-28-23)33-22-10-20(3-2-19(22)12-30-33)26(16-27)15-25(26)5-6-25/h2-3,10-12,17-18,21H,4-9,13-15H2,1H3/t18-,21?,26-/m0/s1. The second-order valence-corrected chi connectivity index (χ2v) is 10.6. The molecular formula is C26H29N7O. The maximum atomic E-state index is 9.98. The first-order valence-electron chi connectivity index (χ1n) is 12.4. The lowest BCUT2D eigenvalue weighted by molar-refractivity contribution is 0.105. The highest BCUT2D eigenvalue weighted by Crippen LogP contribution is 2.78. The van der Waals surface area contributed by atoms with Gasteiger partial charge < -0.3 is 9.64 Å². The Balaban J connectivity index is 1.17. The van der Waals surface area contributed by atoms with Crippen molar-refractivity contribution in [1.82, 2.24) is 24.6 Å². The van der Waals surface area contributed by atoms with Crippen LogP contribution in [0.15, 0.2) is 36.8 Å². The van der Waals surface area contributed by atoms with Crippen LogP contribution in [0.5, 0.6) is 0 Å². The molecule has 1 unspecified atom stereocenters. The molecule has 1 aromatic carbocycles. The topological polar surface area (TPSA) is 83.1 Å². The Labute approximate surface area is 199 Å². The molecule has 0 radical (unpaired) electrons. The predicted octanol–water partition coefficient (Wildman–Crippen LogP) is 3.06. The molecule has 4 fully saturated rings. The van der Waals surface area contributed by atoms with Gasteiger partial charge in [0.2, 0.25) is 0 Å². The number of hydrogen-bond donors (Lipinski definition) is 0. The number of nitriles is 1. The summed E-state index contributed by atoms with van der Waals surface area (Å²) in [5.74, 6) is 1.70. The van der Waals surface area contributed by atoms with Gasteiger partial charge in [0.25, 0.3) is 0 Å². The maximum Gasteiger partial charge on any atom is 0.159 e. The summed E-state index contributed by atoms with van der Waals surface area (Å²) in [6, 6.07) is 12.0. The van der Waals surface area contributed by atoms with Crippen LogP contribution in [0.2, 0.25) is 0 Å². The number of ether oxygens (including phenoxy) is 1. The summed E-state index contributed by atoms with van der Waals surface area (Å²) in [6.45, 7) is 6.91. The van der Waals surface area contributed by atoms with E-state index in [0.717, 1.165) is 73.8 Å². The maximum absolute atomic E-state index is 9.98. The fourth-order valence-electron chi connectivity index (χ4n) is 6.45. The number of hydrogen-bond acceptors (Lipinski definition) is 7. The summed E-state index contributed by atoms with van der Waals surface area (Å²) in [4.78, 5) is 14.1. The molecule has 2 aliphatic carbocycles. The molecule has 2 aliphatic heterocycles. The third kappa shape index (κ3) is 2.93. The molecule has 3 aromatic rings. The summed E-state index contributed by atoms with van der Waals surface area (Å²) in [5, 5.41) is 15.7. The molecule has 3 atom stereocenters.